The molecule has 0 bridgehead atoms. The second-order valence-electron chi connectivity index (χ2n) is 11.9. The molecule has 0 N–H and O–H groups in total. The van der Waals surface area contributed by atoms with Gasteiger partial charge in [0.1, 0.15) is 22.6 Å². The maximum Gasteiger partial charge on any atom is 0.172 e. The Morgan fingerprint density at radius 2 is 1.58 bits per heavy atom. The second-order valence-corrected chi connectivity index (χ2v) is 14.0. The summed E-state index contributed by atoms with van der Waals surface area (Å²) in [5.41, 5.74) is 4.44. The van der Waals surface area contributed by atoms with Gasteiger partial charge in [-0.3, -0.25) is 4.40 Å². The first-order valence-corrected chi connectivity index (χ1v) is 16.4. The lowest BCUT2D eigenvalue weighted by atomic mass is 9.90. The first-order chi connectivity index (χ1) is 22.0. The third-order valence-corrected chi connectivity index (χ3v) is 11.3. The fourth-order valence-electron chi connectivity index (χ4n) is 7.05. The number of allylic oxidation sites excluding steroid dienone is 2. The topological polar surface area (TPSA) is 61.2 Å². The number of benzene rings is 4. The average molecular weight is 614 g/mol. The summed E-state index contributed by atoms with van der Waals surface area (Å²) in [4.78, 5) is 2.42. The summed E-state index contributed by atoms with van der Waals surface area (Å²) >= 11 is 3.65. The number of thiophene rings is 2. The van der Waals surface area contributed by atoms with Crippen LogP contribution in [-0.4, -0.2) is 10.0 Å². The number of nitrogens with zero attached hydrogens (tertiary/aromatic N) is 3. The molecule has 0 atom stereocenters. The molecule has 0 spiro atoms. The molecule has 0 unspecified atom stereocenters. The van der Waals surface area contributed by atoms with Crippen LogP contribution in [0.1, 0.15) is 24.3 Å². The fourth-order valence-corrected chi connectivity index (χ4v) is 9.64. The van der Waals surface area contributed by atoms with Crippen LogP contribution < -0.4 is 0 Å². The molecule has 0 saturated carbocycles. The second kappa shape index (κ2) is 9.30. The minimum atomic E-state index is -0.718. The Balaban J connectivity index is 1.28. The summed E-state index contributed by atoms with van der Waals surface area (Å²) in [5, 5.41) is 27.2. The molecule has 212 valence electrons. The van der Waals surface area contributed by atoms with E-state index in [4.69, 9.17) is 4.74 Å². The fraction of sp³-hybridized carbons (Fsp3) is 0.0769. The molecule has 4 nitrogen and oxygen atoms in total. The van der Waals surface area contributed by atoms with E-state index in [9.17, 15) is 10.5 Å². The highest BCUT2D eigenvalue weighted by Gasteiger charge is 2.39. The molecule has 0 aliphatic carbocycles. The number of para-hydroxylation sites is 1. The molecule has 0 saturated heterocycles. The van der Waals surface area contributed by atoms with Crippen molar-refractivity contribution in [2.45, 2.75) is 19.4 Å². The van der Waals surface area contributed by atoms with Crippen LogP contribution in [0.2, 0.25) is 0 Å². The van der Waals surface area contributed by atoms with Crippen LogP contribution in [0.4, 0.5) is 0 Å². The predicted octanol–water partition coefficient (Wildman–Crippen LogP) is 10.8. The van der Waals surface area contributed by atoms with Gasteiger partial charge in [0.2, 0.25) is 0 Å². The lowest BCUT2D eigenvalue weighted by Crippen LogP contribution is -2.20. The zero-order chi connectivity index (χ0) is 30.4. The Morgan fingerprint density at radius 3 is 2.40 bits per heavy atom. The van der Waals surface area contributed by atoms with Gasteiger partial charge in [-0.15, -0.1) is 22.7 Å². The van der Waals surface area contributed by atoms with E-state index in [0.717, 1.165) is 21.6 Å². The molecule has 9 rings (SSSR count). The van der Waals surface area contributed by atoms with E-state index in [1.165, 1.54) is 57.6 Å². The van der Waals surface area contributed by atoms with Crippen LogP contribution >= 0.6 is 22.7 Å². The van der Waals surface area contributed by atoms with Crippen LogP contribution in [0.25, 0.3) is 69.2 Å². The van der Waals surface area contributed by atoms with Crippen LogP contribution in [0.5, 0.6) is 0 Å². The van der Waals surface area contributed by atoms with E-state index in [1.54, 1.807) is 11.3 Å². The Bertz CT molecular complexity index is 2700. The molecule has 0 fully saturated rings. The minimum Gasteiger partial charge on any atom is -0.480 e. The first-order valence-electron chi connectivity index (χ1n) is 14.7. The van der Waals surface area contributed by atoms with Crippen molar-refractivity contribution in [3.05, 3.63) is 124 Å². The van der Waals surface area contributed by atoms with E-state index in [2.05, 4.69) is 77.2 Å². The van der Waals surface area contributed by atoms with Crippen molar-refractivity contribution in [2.75, 3.05) is 0 Å². The van der Waals surface area contributed by atoms with Crippen molar-refractivity contribution in [1.82, 2.24) is 4.40 Å². The Hall–Kier alpha value is -5.40. The largest absolute Gasteiger partial charge is 0.480 e. The SMILES string of the molecule is CC1(C)OC(=C(C#N)C#N)C(c2ccccc2)=C1/C=C/c1cc2sc3c(c4cccc5ccc6c7ccccc7n3c6c54)c2s1. The number of hydrogen-bond acceptors (Lipinski definition) is 5. The highest BCUT2D eigenvalue weighted by Crippen LogP contribution is 2.49. The molecule has 8 aromatic rings. The van der Waals surface area contributed by atoms with E-state index in [-0.39, 0.29) is 5.57 Å². The molecule has 4 aromatic carbocycles. The first kappa shape index (κ1) is 26.0. The van der Waals surface area contributed by atoms with Gasteiger partial charge in [0, 0.05) is 42.3 Å². The van der Waals surface area contributed by atoms with Gasteiger partial charge in [-0.05, 0) is 48.4 Å². The minimum absolute atomic E-state index is 0.0188. The van der Waals surface area contributed by atoms with Gasteiger partial charge >= 0.3 is 0 Å². The number of hydrogen-bond donors (Lipinski definition) is 0. The summed E-state index contributed by atoms with van der Waals surface area (Å²) in [5.74, 6) is 0.342. The smallest absolute Gasteiger partial charge is 0.172 e. The lowest BCUT2D eigenvalue weighted by molar-refractivity contribution is 0.0966. The van der Waals surface area contributed by atoms with Crippen molar-refractivity contribution in [3.63, 3.8) is 0 Å². The van der Waals surface area contributed by atoms with Gasteiger partial charge in [-0.25, -0.2) is 0 Å². The van der Waals surface area contributed by atoms with E-state index >= 15 is 0 Å². The maximum atomic E-state index is 9.73. The highest BCUT2D eigenvalue weighted by atomic mass is 32.1. The van der Waals surface area contributed by atoms with Crippen molar-refractivity contribution in [1.29, 1.82) is 10.5 Å². The molecule has 6 heteroatoms. The van der Waals surface area contributed by atoms with Crippen LogP contribution in [0.15, 0.2) is 114 Å². The van der Waals surface area contributed by atoms with Crippen molar-refractivity contribution >= 4 is 91.9 Å². The van der Waals surface area contributed by atoms with Crippen molar-refractivity contribution < 1.29 is 4.74 Å². The van der Waals surface area contributed by atoms with E-state index in [0.29, 0.717) is 5.76 Å². The zero-order valence-electron chi connectivity index (χ0n) is 24.4. The zero-order valence-corrected chi connectivity index (χ0v) is 26.0. The highest BCUT2D eigenvalue weighted by molar-refractivity contribution is 7.33. The summed E-state index contributed by atoms with van der Waals surface area (Å²) in [6.45, 7) is 3.97. The Labute approximate surface area is 266 Å². The third-order valence-electron chi connectivity index (χ3n) is 8.94. The van der Waals surface area contributed by atoms with Crippen molar-refractivity contribution in [2.24, 2.45) is 0 Å². The molecular weight excluding hydrogens is 591 g/mol. The number of ether oxygens (including phenoxy) is 1. The van der Waals surface area contributed by atoms with Gasteiger partial charge < -0.3 is 4.74 Å². The molecule has 4 aromatic heterocycles. The Morgan fingerprint density at radius 1 is 0.800 bits per heavy atom. The predicted molar refractivity (Wildman–Crippen MR) is 188 cm³/mol. The standard InChI is InChI=1S/C39H23N3OS2/c1-39(2)29(33(22-9-4-3-5-10-22)36(43-39)24(20-40)21-41)18-16-25-19-31-37(44-25)34-28-13-8-11-23-15-17-27-26-12-6-7-14-30(26)42(38(34)45-31)35(27)32(23)28/h3-19H,1-2H3/b18-16+. The monoisotopic (exact) mass is 613 g/mol. The third kappa shape index (κ3) is 3.56. The van der Waals surface area contributed by atoms with E-state index < -0.39 is 5.60 Å². The van der Waals surface area contributed by atoms with Gasteiger partial charge in [-0.2, -0.15) is 10.5 Å². The molecular formula is C39H23N3OS2. The molecule has 45 heavy (non-hydrogen) atoms. The van der Waals surface area contributed by atoms with E-state index in [1.807, 2.05) is 67.7 Å². The summed E-state index contributed by atoms with van der Waals surface area (Å²) in [6.07, 6.45) is 4.25. The quantitative estimate of drug-likeness (QED) is 0.186. The van der Waals surface area contributed by atoms with Crippen molar-refractivity contribution in [3.8, 4) is 12.1 Å². The molecule has 1 aliphatic rings. The van der Waals surface area contributed by atoms with Crippen LogP contribution in [-0.2, 0) is 4.74 Å². The summed E-state index contributed by atoms with van der Waals surface area (Å²) < 4.78 is 11.3. The van der Waals surface area contributed by atoms with Crippen LogP contribution in [0, 0.1) is 22.7 Å². The number of pyridine rings is 1. The molecule has 1 aliphatic heterocycles. The van der Waals surface area contributed by atoms with Gasteiger partial charge in [0.25, 0.3) is 0 Å². The van der Waals surface area contributed by atoms with Gasteiger partial charge in [0.15, 0.2) is 11.3 Å². The normalized spacial score (nSPS) is 15.0. The number of nitriles is 2. The maximum absolute atomic E-state index is 9.73. The van der Waals surface area contributed by atoms with Gasteiger partial charge in [0.05, 0.1) is 15.7 Å². The molecule has 0 radical (unpaired) electrons. The average Bonchev–Trinajstić information content (AvgIpc) is 3.78. The lowest BCUT2D eigenvalue weighted by Gasteiger charge is -2.20. The van der Waals surface area contributed by atoms with Gasteiger partial charge in [-0.1, -0.05) is 84.9 Å². The molecule has 5 heterocycles. The molecule has 0 amide bonds. The number of fused-ring (bicyclic) bond motifs is 8. The number of aromatic nitrogens is 1. The summed E-state index contributed by atoms with van der Waals surface area (Å²) in [7, 11) is 0. The summed E-state index contributed by atoms with van der Waals surface area (Å²) in [6, 6.07) is 36.1. The Kier molecular flexibility index (Phi) is 5.38. The number of rotatable bonds is 3. The van der Waals surface area contributed by atoms with Crippen LogP contribution in [0.3, 0.4) is 0 Å².